The van der Waals surface area contributed by atoms with Crippen molar-refractivity contribution in [1.82, 2.24) is 14.5 Å². The van der Waals surface area contributed by atoms with Gasteiger partial charge in [-0.2, -0.15) is 0 Å². The van der Waals surface area contributed by atoms with Gasteiger partial charge in [-0.15, -0.1) is 0 Å². The van der Waals surface area contributed by atoms with Gasteiger partial charge in [-0.25, -0.2) is 9.97 Å². The molecule has 0 fully saturated rings. The third kappa shape index (κ3) is 7.42. The van der Waals surface area contributed by atoms with Crippen LogP contribution in [-0.4, -0.2) is 14.5 Å². The standard InChI is InChI=1S/C60H44N4/c1-41-17-21-47(22-18-41)56-40-57(62-60(61-56)49-23-19-42(2)20-24-49)48-31-29-45(30-32-48)43-25-27-44(28-26-43)46-33-35-52(36-34-46)64-58-16-10-9-15-54(58)55-39-53(37-38-59(55)64)63(50-11-5-3-6-12-50)51-13-7-4-8-14-51/h3-40H,1-2H3. The Morgan fingerprint density at radius 2 is 0.750 bits per heavy atom. The summed E-state index contributed by atoms with van der Waals surface area (Å²) in [6, 6.07) is 82.3. The third-order valence-electron chi connectivity index (χ3n) is 12.2. The number of benzene rings is 9. The van der Waals surface area contributed by atoms with E-state index < -0.39 is 0 Å². The predicted octanol–water partition coefficient (Wildman–Crippen LogP) is 16.0. The van der Waals surface area contributed by atoms with Crippen LogP contribution in [0.4, 0.5) is 17.1 Å². The van der Waals surface area contributed by atoms with E-state index in [4.69, 9.17) is 9.97 Å². The monoisotopic (exact) mass is 820 g/mol. The summed E-state index contributed by atoms with van der Waals surface area (Å²) < 4.78 is 2.38. The highest BCUT2D eigenvalue weighted by Gasteiger charge is 2.18. The summed E-state index contributed by atoms with van der Waals surface area (Å²) in [5.41, 5.74) is 18.9. The van der Waals surface area contributed by atoms with Crippen LogP contribution in [0.1, 0.15) is 11.1 Å². The second kappa shape index (κ2) is 16.5. The van der Waals surface area contributed by atoms with Crippen molar-refractivity contribution in [3.8, 4) is 61.8 Å². The first-order chi connectivity index (χ1) is 31.5. The first-order valence-electron chi connectivity index (χ1n) is 21.8. The Morgan fingerprint density at radius 1 is 0.328 bits per heavy atom. The van der Waals surface area contributed by atoms with Crippen LogP contribution in [0.5, 0.6) is 0 Å². The number of nitrogens with zero attached hydrogens (tertiary/aromatic N) is 4. The van der Waals surface area contributed by atoms with Crippen molar-refractivity contribution in [2.75, 3.05) is 4.90 Å². The van der Waals surface area contributed by atoms with Crippen LogP contribution < -0.4 is 4.90 Å². The van der Waals surface area contributed by atoms with Gasteiger partial charge in [0.1, 0.15) is 0 Å². The number of anilines is 3. The van der Waals surface area contributed by atoms with Gasteiger partial charge in [0.25, 0.3) is 0 Å². The minimum Gasteiger partial charge on any atom is -0.310 e. The topological polar surface area (TPSA) is 34.0 Å². The van der Waals surface area contributed by atoms with E-state index in [-0.39, 0.29) is 0 Å². The third-order valence-corrected chi connectivity index (χ3v) is 12.2. The van der Waals surface area contributed by atoms with Crippen LogP contribution in [0.3, 0.4) is 0 Å². The van der Waals surface area contributed by atoms with Gasteiger partial charge >= 0.3 is 0 Å². The van der Waals surface area contributed by atoms with Crippen molar-refractivity contribution in [3.05, 3.63) is 242 Å². The highest BCUT2D eigenvalue weighted by Crippen LogP contribution is 2.40. The second-order valence-corrected chi connectivity index (χ2v) is 16.5. The number of fused-ring (bicyclic) bond motifs is 3. The van der Waals surface area contributed by atoms with Gasteiger partial charge in [-0.05, 0) is 103 Å². The Kier molecular flexibility index (Phi) is 9.95. The van der Waals surface area contributed by atoms with Crippen LogP contribution in [0, 0.1) is 13.8 Å². The van der Waals surface area contributed by atoms with Crippen molar-refractivity contribution in [2.24, 2.45) is 0 Å². The Bertz CT molecular complexity index is 3290. The van der Waals surface area contributed by atoms with E-state index in [1.165, 1.54) is 44.1 Å². The van der Waals surface area contributed by atoms with E-state index >= 15 is 0 Å². The normalized spacial score (nSPS) is 11.3. The summed E-state index contributed by atoms with van der Waals surface area (Å²) in [6.07, 6.45) is 0. The molecule has 0 bridgehead atoms. The first kappa shape index (κ1) is 38.6. The second-order valence-electron chi connectivity index (χ2n) is 16.5. The van der Waals surface area contributed by atoms with E-state index in [0.29, 0.717) is 0 Å². The van der Waals surface area contributed by atoms with Gasteiger partial charge < -0.3 is 9.47 Å². The molecule has 0 atom stereocenters. The fourth-order valence-corrected chi connectivity index (χ4v) is 8.77. The van der Waals surface area contributed by atoms with Crippen LogP contribution in [0.2, 0.25) is 0 Å². The van der Waals surface area contributed by atoms with E-state index in [1.54, 1.807) is 0 Å². The Hall–Kier alpha value is -8.34. The SMILES string of the molecule is Cc1ccc(-c2cc(-c3ccc(-c4ccc(-c5ccc(-n6c7ccccc7c7cc(N(c8ccccc8)c8ccccc8)ccc76)cc5)cc4)cc3)nc(-c3ccc(C)cc3)n2)cc1. The molecule has 0 aliphatic carbocycles. The number of para-hydroxylation sites is 3. The van der Waals surface area contributed by atoms with Crippen LogP contribution in [0.15, 0.2) is 231 Å². The molecule has 0 spiro atoms. The smallest absolute Gasteiger partial charge is 0.160 e. The van der Waals surface area contributed by atoms with Crippen molar-refractivity contribution in [3.63, 3.8) is 0 Å². The first-order valence-corrected chi connectivity index (χ1v) is 21.8. The fourth-order valence-electron chi connectivity index (χ4n) is 8.77. The summed E-state index contributed by atoms with van der Waals surface area (Å²) >= 11 is 0. The maximum absolute atomic E-state index is 5.06. The molecule has 11 rings (SSSR count). The number of rotatable bonds is 9. The molecule has 0 aliphatic heterocycles. The van der Waals surface area contributed by atoms with Gasteiger partial charge in [-0.1, -0.05) is 175 Å². The minimum absolute atomic E-state index is 0.722. The summed E-state index contributed by atoms with van der Waals surface area (Å²) in [7, 11) is 0. The molecule has 0 aliphatic rings. The molecule has 304 valence electrons. The van der Waals surface area contributed by atoms with Gasteiger partial charge in [-0.3, -0.25) is 0 Å². The Balaban J connectivity index is 0.870. The highest BCUT2D eigenvalue weighted by molar-refractivity contribution is 6.10. The zero-order valence-electron chi connectivity index (χ0n) is 35.7. The van der Waals surface area contributed by atoms with Crippen molar-refractivity contribution in [1.29, 1.82) is 0 Å². The molecule has 4 heteroatoms. The quantitative estimate of drug-likeness (QED) is 0.145. The van der Waals surface area contributed by atoms with E-state index in [0.717, 1.165) is 67.8 Å². The van der Waals surface area contributed by atoms with Gasteiger partial charge in [0, 0.05) is 50.2 Å². The summed E-state index contributed by atoms with van der Waals surface area (Å²) in [6.45, 7) is 4.20. The Morgan fingerprint density at radius 3 is 1.28 bits per heavy atom. The van der Waals surface area contributed by atoms with E-state index in [9.17, 15) is 0 Å². The van der Waals surface area contributed by atoms with E-state index in [1.807, 2.05) is 0 Å². The maximum atomic E-state index is 5.06. The molecule has 0 saturated heterocycles. The fraction of sp³-hybridized carbons (Fsp3) is 0.0333. The van der Waals surface area contributed by atoms with Gasteiger partial charge in [0.15, 0.2) is 5.82 Å². The summed E-state index contributed by atoms with van der Waals surface area (Å²) in [4.78, 5) is 12.4. The molecule has 0 radical (unpaired) electrons. The lowest BCUT2D eigenvalue weighted by molar-refractivity contribution is 1.18. The van der Waals surface area contributed by atoms with Crippen molar-refractivity contribution < 1.29 is 0 Å². The molecule has 0 unspecified atom stereocenters. The molecule has 0 saturated carbocycles. The molecule has 0 amide bonds. The number of aromatic nitrogens is 3. The minimum atomic E-state index is 0.722. The molecule has 2 aromatic heterocycles. The highest BCUT2D eigenvalue weighted by atomic mass is 15.1. The number of hydrogen-bond donors (Lipinski definition) is 0. The molecule has 64 heavy (non-hydrogen) atoms. The average molecular weight is 821 g/mol. The molecule has 0 N–H and O–H groups in total. The van der Waals surface area contributed by atoms with Gasteiger partial charge in [0.05, 0.1) is 22.4 Å². The lowest BCUT2D eigenvalue weighted by atomic mass is 9.98. The molecule has 9 aromatic carbocycles. The molecule has 2 heterocycles. The molecule has 11 aromatic rings. The van der Waals surface area contributed by atoms with Gasteiger partial charge in [0.2, 0.25) is 0 Å². The zero-order valence-corrected chi connectivity index (χ0v) is 35.7. The molecular formula is C60H44N4. The maximum Gasteiger partial charge on any atom is 0.160 e. The number of hydrogen-bond acceptors (Lipinski definition) is 3. The van der Waals surface area contributed by atoms with E-state index in [2.05, 4.69) is 254 Å². The lowest BCUT2D eigenvalue weighted by Crippen LogP contribution is -2.09. The summed E-state index contributed by atoms with van der Waals surface area (Å²) in [5, 5.41) is 2.44. The predicted molar refractivity (Wildman–Crippen MR) is 268 cm³/mol. The summed E-state index contributed by atoms with van der Waals surface area (Å²) in [5.74, 6) is 0.722. The lowest BCUT2D eigenvalue weighted by Gasteiger charge is -2.25. The number of aryl methyl sites for hydroxylation is 2. The van der Waals surface area contributed by atoms with Crippen LogP contribution >= 0.6 is 0 Å². The van der Waals surface area contributed by atoms with Crippen LogP contribution in [0.25, 0.3) is 83.6 Å². The zero-order chi connectivity index (χ0) is 43.0. The van der Waals surface area contributed by atoms with Crippen molar-refractivity contribution >= 4 is 38.9 Å². The largest absolute Gasteiger partial charge is 0.310 e. The molecule has 4 nitrogen and oxygen atoms in total. The van der Waals surface area contributed by atoms with Crippen molar-refractivity contribution in [2.45, 2.75) is 13.8 Å². The average Bonchev–Trinajstić information content (AvgIpc) is 3.69. The molecular weight excluding hydrogens is 777 g/mol. The Labute approximate surface area is 374 Å². The van der Waals surface area contributed by atoms with Crippen LogP contribution in [-0.2, 0) is 0 Å².